The van der Waals surface area contributed by atoms with Gasteiger partial charge < -0.3 is 20.1 Å². The summed E-state index contributed by atoms with van der Waals surface area (Å²) in [7, 11) is 3.07. The zero-order chi connectivity index (χ0) is 17.3. The van der Waals surface area contributed by atoms with Crippen LogP contribution >= 0.6 is 0 Å². The van der Waals surface area contributed by atoms with Crippen LogP contribution in [0.25, 0.3) is 0 Å². The fraction of sp³-hybridized carbons (Fsp3) is 0.533. The second-order valence-corrected chi connectivity index (χ2v) is 4.85. The molecule has 1 unspecified atom stereocenters. The Morgan fingerprint density at radius 2 is 1.96 bits per heavy atom. The van der Waals surface area contributed by atoms with Gasteiger partial charge >= 0.3 is 6.18 Å². The molecule has 0 spiro atoms. The highest BCUT2D eigenvalue weighted by Gasteiger charge is 2.26. The Morgan fingerprint density at radius 1 is 1.26 bits per heavy atom. The molecule has 0 aromatic heterocycles. The largest absolute Gasteiger partial charge is 0.497 e. The summed E-state index contributed by atoms with van der Waals surface area (Å²) in [6.45, 7) is 2.01. The van der Waals surface area contributed by atoms with Crippen molar-refractivity contribution in [3.05, 3.63) is 24.3 Å². The quantitative estimate of drug-likeness (QED) is 0.595. The van der Waals surface area contributed by atoms with E-state index in [9.17, 15) is 13.2 Å². The topological polar surface area (TPSA) is 54.9 Å². The molecular formula is C15H22F3N3O2. The summed E-state index contributed by atoms with van der Waals surface area (Å²) in [5.74, 6) is 1.64. The van der Waals surface area contributed by atoms with Gasteiger partial charge in [0, 0.05) is 19.7 Å². The Labute approximate surface area is 133 Å². The van der Waals surface area contributed by atoms with Crippen LogP contribution < -0.4 is 20.1 Å². The third-order valence-corrected chi connectivity index (χ3v) is 2.86. The van der Waals surface area contributed by atoms with Gasteiger partial charge in [-0.2, -0.15) is 13.2 Å². The summed E-state index contributed by atoms with van der Waals surface area (Å²) in [5.41, 5.74) is 0. The molecule has 0 saturated carbocycles. The van der Waals surface area contributed by atoms with E-state index >= 15 is 0 Å². The SMILES string of the molecule is CN=C(NCCC(F)(F)F)NCC(C)Oc1cccc(OC)c1. The molecule has 1 atom stereocenters. The normalized spacial score (nSPS) is 13.4. The number of rotatable bonds is 7. The van der Waals surface area contributed by atoms with Crippen LogP contribution in [0.2, 0.25) is 0 Å². The summed E-state index contributed by atoms with van der Waals surface area (Å²) in [6.07, 6.45) is -5.30. The van der Waals surface area contributed by atoms with E-state index in [1.165, 1.54) is 7.05 Å². The lowest BCUT2D eigenvalue weighted by Crippen LogP contribution is -2.42. The van der Waals surface area contributed by atoms with Crippen molar-refractivity contribution in [3.63, 3.8) is 0 Å². The minimum atomic E-state index is -4.19. The zero-order valence-electron chi connectivity index (χ0n) is 13.4. The first-order chi connectivity index (χ1) is 10.8. The standard InChI is InChI=1S/C15H22F3N3O2/c1-11(23-13-6-4-5-12(9-13)22-3)10-21-14(19-2)20-8-7-15(16,17)18/h4-6,9,11H,7-8,10H2,1-3H3,(H2,19,20,21). The third-order valence-electron chi connectivity index (χ3n) is 2.86. The van der Waals surface area contributed by atoms with E-state index in [4.69, 9.17) is 9.47 Å². The van der Waals surface area contributed by atoms with Crippen LogP contribution in [0, 0.1) is 0 Å². The molecule has 1 aromatic carbocycles. The molecule has 0 bridgehead atoms. The molecule has 0 aliphatic rings. The molecule has 1 rings (SSSR count). The minimum Gasteiger partial charge on any atom is -0.497 e. The van der Waals surface area contributed by atoms with Crippen LogP contribution in [-0.4, -0.2) is 45.5 Å². The molecule has 0 aliphatic carbocycles. The Balaban J connectivity index is 2.37. The van der Waals surface area contributed by atoms with Crippen LogP contribution in [-0.2, 0) is 0 Å². The van der Waals surface area contributed by atoms with Crippen LogP contribution in [0.5, 0.6) is 11.5 Å². The van der Waals surface area contributed by atoms with E-state index in [1.54, 1.807) is 19.2 Å². The van der Waals surface area contributed by atoms with Gasteiger partial charge in [0.25, 0.3) is 0 Å². The number of benzene rings is 1. The highest BCUT2D eigenvalue weighted by molar-refractivity contribution is 5.79. The van der Waals surface area contributed by atoms with E-state index in [0.29, 0.717) is 24.0 Å². The maximum atomic E-state index is 12.1. The Morgan fingerprint density at radius 3 is 2.57 bits per heavy atom. The number of nitrogens with zero attached hydrogens (tertiary/aromatic N) is 1. The van der Waals surface area contributed by atoms with Gasteiger partial charge in [0.05, 0.1) is 20.1 Å². The number of hydrogen-bond donors (Lipinski definition) is 2. The number of aliphatic imine (C=N–C) groups is 1. The van der Waals surface area contributed by atoms with Gasteiger partial charge in [0.1, 0.15) is 17.6 Å². The second kappa shape index (κ2) is 9.12. The molecule has 5 nitrogen and oxygen atoms in total. The Bertz CT molecular complexity index is 507. The molecule has 0 aliphatic heterocycles. The van der Waals surface area contributed by atoms with E-state index in [0.717, 1.165) is 0 Å². The summed E-state index contributed by atoms with van der Waals surface area (Å²) < 4.78 is 47.1. The molecule has 23 heavy (non-hydrogen) atoms. The van der Waals surface area contributed by atoms with Gasteiger partial charge in [0.15, 0.2) is 5.96 Å². The fourth-order valence-electron chi connectivity index (χ4n) is 1.73. The number of halogens is 3. The Kier molecular flexibility index (Phi) is 7.50. The third kappa shape index (κ3) is 8.18. The molecule has 1 aromatic rings. The lowest BCUT2D eigenvalue weighted by molar-refractivity contribution is -0.132. The minimum absolute atomic E-state index is 0.205. The predicted octanol–water partition coefficient (Wildman–Crippen LogP) is 2.58. The summed E-state index contributed by atoms with van der Waals surface area (Å²) in [4.78, 5) is 3.87. The van der Waals surface area contributed by atoms with Gasteiger partial charge in [-0.15, -0.1) is 0 Å². The van der Waals surface area contributed by atoms with Gasteiger partial charge in [-0.3, -0.25) is 4.99 Å². The number of nitrogens with one attached hydrogen (secondary N) is 2. The first kappa shape index (κ1) is 18.9. The highest BCUT2D eigenvalue weighted by atomic mass is 19.4. The second-order valence-electron chi connectivity index (χ2n) is 4.85. The lowest BCUT2D eigenvalue weighted by Gasteiger charge is -2.18. The van der Waals surface area contributed by atoms with Crippen molar-refractivity contribution in [2.75, 3.05) is 27.2 Å². The van der Waals surface area contributed by atoms with Crippen LogP contribution in [0.4, 0.5) is 13.2 Å². The van der Waals surface area contributed by atoms with Crippen LogP contribution in [0.15, 0.2) is 29.3 Å². The smallest absolute Gasteiger partial charge is 0.390 e. The summed E-state index contributed by atoms with van der Waals surface area (Å²) in [5, 5.41) is 5.53. The maximum absolute atomic E-state index is 12.1. The van der Waals surface area contributed by atoms with Crippen molar-refractivity contribution in [1.82, 2.24) is 10.6 Å². The maximum Gasteiger partial charge on any atom is 0.390 e. The summed E-state index contributed by atoms with van der Waals surface area (Å²) in [6, 6.07) is 7.18. The predicted molar refractivity (Wildman–Crippen MR) is 83.1 cm³/mol. The molecule has 0 radical (unpaired) electrons. The molecular weight excluding hydrogens is 311 g/mol. The van der Waals surface area contributed by atoms with Crippen molar-refractivity contribution in [2.45, 2.75) is 25.6 Å². The van der Waals surface area contributed by atoms with Crippen LogP contribution in [0.3, 0.4) is 0 Å². The average molecular weight is 333 g/mol. The van der Waals surface area contributed by atoms with Gasteiger partial charge in [-0.05, 0) is 19.1 Å². The number of methoxy groups -OCH3 is 1. The zero-order valence-corrected chi connectivity index (χ0v) is 13.4. The molecule has 2 N–H and O–H groups in total. The highest BCUT2D eigenvalue weighted by Crippen LogP contribution is 2.20. The number of ether oxygens (including phenoxy) is 2. The molecule has 8 heteroatoms. The molecule has 0 amide bonds. The van der Waals surface area contributed by atoms with Crippen LogP contribution in [0.1, 0.15) is 13.3 Å². The monoisotopic (exact) mass is 333 g/mol. The first-order valence-electron chi connectivity index (χ1n) is 7.16. The van der Waals surface area contributed by atoms with E-state index in [-0.39, 0.29) is 12.6 Å². The Hall–Kier alpha value is -2.12. The van der Waals surface area contributed by atoms with Crippen molar-refractivity contribution < 1.29 is 22.6 Å². The molecule has 0 saturated heterocycles. The lowest BCUT2D eigenvalue weighted by atomic mass is 10.3. The number of guanidine groups is 1. The molecule has 0 fully saturated rings. The van der Waals surface area contributed by atoms with E-state index in [2.05, 4.69) is 15.6 Å². The van der Waals surface area contributed by atoms with E-state index in [1.807, 2.05) is 19.1 Å². The summed E-state index contributed by atoms with van der Waals surface area (Å²) >= 11 is 0. The number of alkyl halides is 3. The van der Waals surface area contributed by atoms with Crippen molar-refractivity contribution in [3.8, 4) is 11.5 Å². The molecule has 130 valence electrons. The first-order valence-corrected chi connectivity index (χ1v) is 7.16. The van der Waals surface area contributed by atoms with Crippen molar-refractivity contribution >= 4 is 5.96 Å². The van der Waals surface area contributed by atoms with E-state index < -0.39 is 12.6 Å². The van der Waals surface area contributed by atoms with Gasteiger partial charge in [-0.25, -0.2) is 0 Å². The fourth-order valence-corrected chi connectivity index (χ4v) is 1.73. The van der Waals surface area contributed by atoms with Gasteiger partial charge in [-0.1, -0.05) is 6.07 Å². The van der Waals surface area contributed by atoms with Crippen molar-refractivity contribution in [2.24, 2.45) is 4.99 Å². The van der Waals surface area contributed by atoms with Gasteiger partial charge in [0.2, 0.25) is 0 Å². The molecule has 0 heterocycles. The average Bonchev–Trinajstić information content (AvgIpc) is 2.49. The van der Waals surface area contributed by atoms with Crippen molar-refractivity contribution in [1.29, 1.82) is 0 Å². The number of hydrogen-bond acceptors (Lipinski definition) is 3.